The molecule has 0 fully saturated rings. The van der Waals surface area contributed by atoms with Crippen LogP contribution in [0.1, 0.15) is 24.7 Å². The zero-order valence-electron chi connectivity index (χ0n) is 11.6. The fraction of sp³-hybridized carbons (Fsp3) is 0.286. The second kappa shape index (κ2) is 5.35. The number of fused-ring (bicyclic) bond motifs is 1. The molecule has 3 aromatic heterocycles. The first-order chi connectivity index (χ1) is 10.2. The van der Waals surface area contributed by atoms with Gasteiger partial charge in [-0.25, -0.2) is 9.78 Å². The summed E-state index contributed by atoms with van der Waals surface area (Å²) in [5.74, 6) is 0.638. The summed E-state index contributed by atoms with van der Waals surface area (Å²) >= 11 is 0. The van der Waals surface area contributed by atoms with Crippen LogP contribution >= 0.6 is 0 Å². The van der Waals surface area contributed by atoms with Gasteiger partial charge in [-0.2, -0.15) is 0 Å². The highest BCUT2D eigenvalue weighted by Gasteiger charge is 2.12. The minimum absolute atomic E-state index is 0.335. The van der Waals surface area contributed by atoms with Crippen LogP contribution in [-0.2, 0) is 13.0 Å². The first kappa shape index (κ1) is 13.3. The third-order valence-corrected chi connectivity index (χ3v) is 3.22. The minimum Gasteiger partial charge on any atom is -0.336 e. The molecule has 3 rings (SSSR count). The average Bonchev–Trinajstić information content (AvgIpc) is 2.89. The van der Waals surface area contributed by atoms with Gasteiger partial charge in [-0.1, -0.05) is 13.0 Å². The lowest BCUT2D eigenvalue weighted by atomic mass is 10.2. The molecule has 3 aromatic rings. The first-order valence-electron chi connectivity index (χ1n) is 6.79. The number of imidazole rings is 1. The average molecular weight is 285 g/mol. The van der Waals surface area contributed by atoms with Gasteiger partial charge in [0.2, 0.25) is 0 Å². The van der Waals surface area contributed by atoms with Gasteiger partial charge in [-0.05, 0) is 18.1 Å². The Morgan fingerprint density at radius 3 is 2.86 bits per heavy atom. The van der Waals surface area contributed by atoms with Crippen molar-refractivity contribution in [1.82, 2.24) is 24.5 Å². The van der Waals surface area contributed by atoms with Crippen molar-refractivity contribution in [1.29, 1.82) is 0 Å². The number of aromatic nitrogens is 5. The molecule has 0 saturated heterocycles. The molecule has 0 amide bonds. The molecular weight excluding hydrogens is 270 g/mol. The zero-order valence-corrected chi connectivity index (χ0v) is 11.6. The van der Waals surface area contributed by atoms with Crippen LogP contribution in [0.3, 0.4) is 0 Å². The Labute approximate surface area is 119 Å². The third kappa shape index (κ3) is 2.49. The van der Waals surface area contributed by atoms with Crippen molar-refractivity contribution >= 4 is 11.2 Å². The van der Waals surface area contributed by atoms with Gasteiger partial charge >= 0.3 is 5.69 Å². The van der Waals surface area contributed by atoms with Crippen molar-refractivity contribution in [2.24, 2.45) is 0 Å². The molecule has 0 bridgehead atoms. The summed E-state index contributed by atoms with van der Waals surface area (Å²) in [5, 5.41) is 0. The number of aryl methyl sites for hydroxylation is 1. The summed E-state index contributed by atoms with van der Waals surface area (Å²) in [6.07, 6.45) is 4.76. The summed E-state index contributed by atoms with van der Waals surface area (Å²) < 4.78 is 1.49. The number of pyridine rings is 1. The molecule has 0 aliphatic rings. The minimum atomic E-state index is -0.438. The molecule has 2 N–H and O–H groups in total. The number of H-pyrrole nitrogens is 2. The van der Waals surface area contributed by atoms with E-state index in [1.807, 2.05) is 19.1 Å². The van der Waals surface area contributed by atoms with Gasteiger partial charge < -0.3 is 4.98 Å². The van der Waals surface area contributed by atoms with E-state index in [0.29, 0.717) is 30.0 Å². The summed E-state index contributed by atoms with van der Waals surface area (Å²) in [6, 6.07) is 3.78. The molecular formula is C14H15N5O2. The zero-order chi connectivity index (χ0) is 14.8. The summed E-state index contributed by atoms with van der Waals surface area (Å²) in [5.41, 5.74) is 0.866. The lowest BCUT2D eigenvalue weighted by Crippen LogP contribution is -2.30. The first-order valence-corrected chi connectivity index (χ1v) is 6.79. The van der Waals surface area contributed by atoms with Crippen LogP contribution in [0.5, 0.6) is 0 Å². The van der Waals surface area contributed by atoms with Crippen LogP contribution < -0.4 is 11.2 Å². The van der Waals surface area contributed by atoms with E-state index < -0.39 is 11.2 Å². The van der Waals surface area contributed by atoms with E-state index in [9.17, 15) is 9.59 Å². The highest BCUT2D eigenvalue weighted by atomic mass is 16.2. The second-order valence-corrected chi connectivity index (χ2v) is 4.83. The predicted molar refractivity (Wildman–Crippen MR) is 78.3 cm³/mol. The molecule has 108 valence electrons. The van der Waals surface area contributed by atoms with Gasteiger partial charge in [0.25, 0.3) is 5.56 Å². The number of nitrogens with one attached hydrogen (secondary N) is 2. The molecule has 0 radical (unpaired) electrons. The molecule has 3 heterocycles. The van der Waals surface area contributed by atoms with Crippen molar-refractivity contribution in [3.8, 4) is 0 Å². The Hall–Kier alpha value is -2.70. The van der Waals surface area contributed by atoms with E-state index in [2.05, 4.69) is 19.9 Å². The van der Waals surface area contributed by atoms with E-state index in [4.69, 9.17) is 0 Å². The second-order valence-electron chi connectivity index (χ2n) is 4.83. The van der Waals surface area contributed by atoms with Gasteiger partial charge in [-0.3, -0.25) is 19.3 Å². The fourth-order valence-corrected chi connectivity index (χ4v) is 2.30. The largest absolute Gasteiger partial charge is 0.336 e. The predicted octanol–water partition coefficient (Wildman–Crippen LogP) is 0.809. The molecule has 0 spiro atoms. The maximum Gasteiger partial charge on any atom is 0.330 e. The van der Waals surface area contributed by atoms with E-state index in [0.717, 1.165) is 12.0 Å². The molecule has 0 saturated carbocycles. The highest BCUT2D eigenvalue weighted by molar-refractivity contribution is 5.69. The van der Waals surface area contributed by atoms with Crippen LogP contribution in [0.25, 0.3) is 11.2 Å². The van der Waals surface area contributed by atoms with Gasteiger partial charge in [0.15, 0.2) is 5.65 Å². The van der Waals surface area contributed by atoms with E-state index in [-0.39, 0.29) is 0 Å². The molecule has 0 unspecified atom stereocenters. The van der Waals surface area contributed by atoms with Crippen LogP contribution in [0.2, 0.25) is 0 Å². The van der Waals surface area contributed by atoms with Crippen molar-refractivity contribution in [2.45, 2.75) is 26.3 Å². The normalized spacial score (nSPS) is 11.1. The molecule has 0 aliphatic carbocycles. The third-order valence-electron chi connectivity index (χ3n) is 3.22. The lowest BCUT2D eigenvalue weighted by Gasteiger charge is -2.02. The summed E-state index contributed by atoms with van der Waals surface area (Å²) in [4.78, 5) is 37.5. The number of aromatic amines is 2. The van der Waals surface area contributed by atoms with Crippen molar-refractivity contribution in [3.05, 3.63) is 56.8 Å². The summed E-state index contributed by atoms with van der Waals surface area (Å²) in [7, 11) is 0. The Balaban J connectivity index is 2.11. The SMILES string of the molecule is CCCn1c(=O)[nH]c(=O)c2[nH]c(Cc3cccnc3)nc21. The van der Waals surface area contributed by atoms with Gasteiger partial charge in [0.1, 0.15) is 11.3 Å². The Bertz CT molecular complexity index is 876. The maximum atomic E-state index is 11.9. The topological polar surface area (TPSA) is 96.4 Å². The molecule has 0 aromatic carbocycles. The molecule has 7 nitrogen and oxygen atoms in total. The van der Waals surface area contributed by atoms with Crippen molar-refractivity contribution < 1.29 is 0 Å². The van der Waals surface area contributed by atoms with Gasteiger partial charge in [0.05, 0.1) is 0 Å². The van der Waals surface area contributed by atoms with Crippen LogP contribution in [0, 0.1) is 0 Å². The fourth-order valence-electron chi connectivity index (χ4n) is 2.30. The van der Waals surface area contributed by atoms with Gasteiger partial charge in [-0.15, -0.1) is 0 Å². The standard InChI is InChI=1S/C14H15N5O2/c1-2-6-19-12-11(13(20)18-14(19)21)16-10(17-12)7-9-4-3-5-15-8-9/h3-5,8H,2,6-7H2,1H3,(H,16,17)(H,18,20,21). The number of hydrogen-bond donors (Lipinski definition) is 2. The lowest BCUT2D eigenvalue weighted by molar-refractivity contribution is 0.652. The number of rotatable bonds is 4. The van der Waals surface area contributed by atoms with E-state index >= 15 is 0 Å². The van der Waals surface area contributed by atoms with E-state index in [1.165, 1.54) is 4.57 Å². The van der Waals surface area contributed by atoms with Crippen molar-refractivity contribution in [2.75, 3.05) is 0 Å². The maximum absolute atomic E-state index is 11.9. The van der Waals surface area contributed by atoms with Crippen LogP contribution in [-0.4, -0.2) is 24.5 Å². The monoisotopic (exact) mass is 285 g/mol. The number of hydrogen-bond acceptors (Lipinski definition) is 4. The van der Waals surface area contributed by atoms with Gasteiger partial charge in [0, 0.05) is 25.4 Å². The summed E-state index contributed by atoms with van der Waals surface area (Å²) in [6.45, 7) is 2.48. The molecule has 0 aliphatic heterocycles. The van der Waals surface area contributed by atoms with E-state index in [1.54, 1.807) is 12.4 Å². The quantitative estimate of drug-likeness (QED) is 0.741. The van der Waals surface area contributed by atoms with Crippen LogP contribution in [0.15, 0.2) is 34.1 Å². The van der Waals surface area contributed by atoms with Crippen LogP contribution in [0.4, 0.5) is 0 Å². The smallest absolute Gasteiger partial charge is 0.330 e. The van der Waals surface area contributed by atoms with Crippen molar-refractivity contribution in [3.63, 3.8) is 0 Å². The molecule has 0 atom stereocenters. The highest BCUT2D eigenvalue weighted by Crippen LogP contribution is 2.09. The molecule has 21 heavy (non-hydrogen) atoms. The number of nitrogens with zero attached hydrogens (tertiary/aromatic N) is 3. The molecule has 7 heteroatoms. The Kier molecular flexibility index (Phi) is 3.39. The Morgan fingerprint density at radius 1 is 1.29 bits per heavy atom. The Morgan fingerprint density at radius 2 is 2.14 bits per heavy atom.